The summed E-state index contributed by atoms with van der Waals surface area (Å²) in [6.45, 7) is 8.68. The van der Waals surface area contributed by atoms with Crippen molar-refractivity contribution in [3.63, 3.8) is 0 Å². The van der Waals surface area contributed by atoms with Gasteiger partial charge in [-0.1, -0.05) is 26.0 Å². The smallest absolute Gasteiger partial charge is 0.191 e. The number of fused-ring (bicyclic) bond motifs is 1. The second-order valence-electron chi connectivity index (χ2n) is 8.03. The molecule has 1 aliphatic rings. The Morgan fingerprint density at radius 2 is 2.20 bits per heavy atom. The highest BCUT2D eigenvalue weighted by atomic mass is 127. The van der Waals surface area contributed by atoms with Crippen molar-refractivity contribution in [2.45, 2.75) is 58.2 Å². The number of aryl methyl sites for hydroxylation is 1. The van der Waals surface area contributed by atoms with Crippen LogP contribution < -0.4 is 10.6 Å². The van der Waals surface area contributed by atoms with E-state index in [-0.39, 0.29) is 41.3 Å². The molecule has 9 heteroatoms. The van der Waals surface area contributed by atoms with E-state index in [1.165, 1.54) is 6.07 Å². The van der Waals surface area contributed by atoms with Gasteiger partial charge in [0.15, 0.2) is 11.8 Å². The summed E-state index contributed by atoms with van der Waals surface area (Å²) in [6.07, 6.45) is 1.82. The van der Waals surface area contributed by atoms with Crippen LogP contribution in [0.4, 0.5) is 4.39 Å². The number of hydrogen-bond acceptors (Lipinski definition) is 4. The van der Waals surface area contributed by atoms with Crippen LogP contribution in [0.15, 0.2) is 29.3 Å². The van der Waals surface area contributed by atoms with Crippen molar-refractivity contribution in [1.29, 1.82) is 0 Å². The number of rotatable bonds is 7. The molecule has 0 aliphatic carbocycles. The Labute approximate surface area is 194 Å². The molecule has 1 atom stereocenters. The lowest BCUT2D eigenvalue weighted by atomic mass is 9.85. The number of methoxy groups -OCH3 is 1. The van der Waals surface area contributed by atoms with Gasteiger partial charge in [0.25, 0.3) is 0 Å². The third-order valence-electron chi connectivity index (χ3n) is 5.10. The van der Waals surface area contributed by atoms with Crippen LogP contribution in [0, 0.1) is 5.82 Å². The van der Waals surface area contributed by atoms with E-state index in [1.807, 2.05) is 17.7 Å². The topological polar surface area (TPSA) is 76.4 Å². The first-order valence-electron chi connectivity index (χ1n) is 10.1. The van der Waals surface area contributed by atoms with Gasteiger partial charge in [0.05, 0.1) is 13.1 Å². The zero-order valence-corrected chi connectivity index (χ0v) is 20.4. The molecule has 0 radical (unpaired) electrons. The Hall–Kier alpha value is -1.75. The molecule has 0 bridgehead atoms. The lowest BCUT2D eigenvalue weighted by molar-refractivity contribution is 0.177. The molecule has 166 valence electrons. The van der Waals surface area contributed by atoms with Crippen molar-refractivity contribution in [1.82, 2.24) is 25.4 Å². The van der Waals surface area contributed by atoms with Crippen LogP contribution in [-0.4, -0.2) is 47.0 Å². The Morgan fingerprint density at radius 1 is 1.40 bits per heavy atom. The maximum Gasteiger partial charge on any atom is 0.191 e. The van der Waals surface area contributed by atoms with Crippen LogP contribution in [0.5, 0.6) is 0 Å². The van der Waals surface area contributed by atoms with Gasteiger partial charge in [-0.3, -0.25) is 4.99 Å². The second-order valence-corrected chi connectivity index (χ2v) is 8.03. The molecule has 0 saturated heterocycles. The van der Waals surface area contributed by atoms with Gasteiger partial charge in [-0.05, 0) is 31.0 Å². The number of guanidine groups is 1. The van der Waals surface area contributed by atoms with Gasteiger partial charge < -0.3 is 15.4 Å². The average molecular weight is 530 g/mol. The third-order valence-corrected chi connectivity index (χ3v) is 5.10. The number of benzene rings is 1. The molecule has 0 spiro atoms. The van der Waals surface area contributed by atoms with Gasteiger partial charge in [-0.2, -0.15) is 5.10 Å². The summed E-state index contributed by atoms with van der Waals surface area (Å²) in [5.41, 5.74) is 0.665. The van der Waals surface area contributed by atoms with Crippen molar-refractivity contribution in [2.24, 2.45) is 4.99 Å². The maximum atomic E-state index is 13.6. The zero-order valence-electron chi connectivity index (χ0n) is 18.1. The Bertz CT molecular complexity index is 854. The van der Waals surface area contributed by atoms with Gasteiger partial charge in [0.1, 0.15) is 18.2 Å². The highest BCUT2D eigenvalue weighted by molar-refractivity contribution is 14.0. The predicted molar refractivity (Wildman–Crippen MR) is 127 cm³/mol. The second kappa shape index (κ2) is 11.0. The van der Waals surface area contributed by atoms with Gasteiger partial charge >= 0.3 is 0 Å². The summed E-state index contributed by atoms with van der Waals surface area (Å²) in [6, 6.07) is 6.96. The molecule has 2 aromatic rings. The molecular formula is C21H32FIN6O. The third kappa shape index (κ3) is 6.37. The fraction of sp³-hybridized carbons (Fsp3) is 0.571. The van der Waals surface area contributed by atoms with E-state index in [1.54, 1.807) is 19.2 Å². The summed E-state index contributed by atoms with van der Waals surface area (Å²) in [5, 5.41) is 11.4. The zero-order chi connectivity index (χ0) is 20.9. The first-order valence-corrected chi connectivity index (χ1v) is 10.1. The first kappa shape index (κ1) is 24.5. The molecule has 2 heterocycles. The number of hydrogen-bond donors (Lipinski definition) is 2. The number of nitrogens with one attached hydrogen (secondary N) is 2. The summed E-state index contributed by atoms with van der Waals surface area (Å²) in [7, 11) is 1.65. The Morgan fingerprint density at radius 3 is 2.90 bits per heavy atom. The molecule has 30 heavy (non-hydrogen) atoms. The van der Waals surface area contributed by atoms with Crippen molar-refractivity contribution >= 4 is 29.9 Å². The van der Waals surface area contributed by atoms with Crippen LogP contribution in [0.1, 0.15) is 44.4 Å². The monoisotopic (exact) mass is 530 g/mol. The molecule has 2 N–H and O–H groups in total. The largest absolute Gasteiger partial charge is 0.377 e. The van der Waals surface area contributed by atoms with E-state index in [0.29, 0.717) is 13.2 Å². The van der Waals surface area contributed by atoms with Crippen molar-refractivity contribution in [3.8, 4) is 0 Å². The van der Waals surface area contributed by atoms with Gasteiger partial charge in [0, 0.05) is 31.5 Å². The van der Waals surface area contributed by atoms with Gasteiger partial charge in [-0.15, -0.1) is 24.0 Å². The minimum atomic E-state index is -0.273. The molecule has 7 nitrogen and oxygen atoms in total. The lowest BCUT2D eigenvalue weighted by Crippen LogP contribution is -2.47. The minimum absolute atomic E-state index is 0. The molecule has 1 aromatic carbocycles. The first-order chi connectivity index (χ1) is 13.9. The molecule has 0 saturated carbocycles. The van der Waals surface area contributed by atoms with Crippen molar-refractivity contribution in [2.75, 3.05) is 20.2 Å². The fourth-order valence-electron chi connectivity index (χ4n) is 3.46. The van der Waals surface area contributed by atoms with E-state index in [2.05, 4.69) is 34.6 Å². The highest BCUT2D eigenvalue weighted by Crippen LogP contribution is 2.24. The predicted octanol–water partition coefficient (Wildman–Crippen LogP) is 3.03. The molecule has 1 aromatic heterocycles. The summed E-state index contributed by atoms with van der Waals surface area (Å²) in [4.78, 5) is 9.30. The number of aromatic nitrogens is 3. The van der Waals surface area contributed by atoms with E-state index in [9.17, 15) is 4.39 Å². The fourth-order valence-corrected chi connectivity index (χ4v) is 3.46. The number of nitrogens with zero attached hydrogens (tertiary/aromatic N) is 4. The molecule has 1 aliphatic heterocycles. The Kier molecular flexibility index (Phi) is 9.02. The van der Waals surface area contributed by atoms with Crippen molar-refractivity contribution < 1.29 is 9.13 Å². The van der Waals surface area contributed by atoms with Gasteiger partial charge in [-0.25, -0.2) is 14.1 Å². The van der Waals surface area contributed by atoms with Crippen LogP contribution >= 0.6 is 24.0 Å². The molecule has 3 rings (SSSR count). The van der Waals surface area contributed by atoms with E-state index >= 15 is 0 Å². The quantitative estimate of drug-likeness (QED) is 0.327. The molecule has 1 unspecified atom stereocenters. The van der Waals surface area contributed by atoms with E-state index in [4.69, 9.17) is 9.73 Å². The summed E-state index contributed by atoms with van der Waals surface area (Å²) in [5.74, 6) is 2.27. The number of halogens is 2. The average Bonchev–Trinajstić information content (AvgIpc) is 3.08. The van der Waals surface area contributed by atoms with Crippen LogP contribution in [0.3, 0.4) is 0 Å². The summed E-state index contributed by atoms with van der Waals surface area (Å²) < 4.78 is 20.7. The van der Waals surface area contributed by atoms with Crippen molar-refractivity contribution in [3.05, 3.63) is 47.3 Å². The summed E-state index contributed by atoms with van der Waals surface area (Å²) >= 11 is 0. The highest BCUT2D eigenvalue weighted by Gasteiger charge is 2.24. The van der Waals surface area contributed by atoms with E-state index in [0.717, 1.165) is 49.1 Å². The Balaban J connectivity index is 0.00000320. The molecule has 0 fully saturated rings. The van der Waals surface area contributed by atoms with Crippen LogP contribution in [0.25, 0.3) is 0 Å². The van der Waals surface area contributed by atoms with Crippen LogP contribution in [-0.2, 0) is 29.7 Å². The normalized spacial score (nSPS) is 16.6. The SMILES string of the molecule is CCNC(=NCC(C)(C)c1cccc(F)c1)NC1CCc2nc(COC)nn2C1.I. The van der Waals surface area contributed by atoms with Crippen LogP contribution in [0.2, 0.25) is 0 Å². The van der Waals surface area contributed by atoms with E-state index < -0.39 is 0 Å². The number of ether oxygens (including phenoxy) is 1. The molecular weight excluding hydrogens is 498 g/mol. The maximum absolute atomic E-state index is 13.6. The molecule has 0 amide bonds. The standard InChI is InChI=1S/C21H31FN6O.HI/c1-5-23-20(24-14-21(2,3)15-7-6-8-16(22)11-15)25-17-9-10-19-26-18(13-29-4)27-28(19)12-17;/h6-8,11,17H,5,9-10,12-14H2,1-4H3,(H2,23,24,25);1H. The number of aliphatic imine (C=N–C) groups is 1. The minimum Gasteiger partial charge on any atom is -0.377 e. The lowest BCUT2D eigenvalue weighted by Gasteiger charge is -2.27. The van der Waals surface area contributed by atoms with Gasteiger partial charge in [0.2, 0.25) is 0 Å².